The van der Waals surface area contributed by atoms with Crippen molar-refractivity contribution in [1.29, 1.82) is 0 Å². The van der Waals surface area contributed by atoms with Crippen molar-refractivity contribution >= 4 is 29.5 Å². The molecule has 0 aromatic heterocycles. The molecule has 3 aromatic carbocycles. The van der Waals surface area contributed by atoms with Crippen molar-refractivity contribution in [2.24, 2.45) is 10.2 Å². The van der Waals surface area contributed by atoms with Crippen molar-refractivity contribution in [3.63, 3.8) is 0 Å². The molecule has 3 rings (SSSR count). The molecule has 0 radical (unpaired) electrons. The summed E-state index contributed by atoms with van der Waals surface area (Å²) in [5.74, 6) is 0. The average molecular weight is 491 g/mol. The normalized spacial score (nSPS) is 11.9. The Labute approximate surface area is 205 Å². The van der Waals surface area contributed by atoms with Crippen LogP contribution in [0.3, 0.4) is 0 Å². The van der Waals surface area contributed by atoms with E-state index in [1.165, 1.54) is 77.0 Å². The molecule has 0 bridgehead atoms. The minimum Gasteiger partial charge on any atom is -0.272 e. The van der Waals surface area contributed by atoms with E-state index >= 15 is 0 Å². The van der Waals surface area contributed by atoms with Crippen molar-refractivity contribution < 1.29 is 14.8 Å². The molecule has 0 N–H and O–H groups in total. The highest BCUT2D eigenvalue weighted by atomic mass is 16.6. The predicted octanol–water partition coefficient (Wildman–Crippen LogP) is 4.34. The van der Waals surface area contributed by atoms with Crippen molar-refractivity contribution in [2.45, 2.75) is 6.17 Å². The lowest BCUT2D eigenvalue weighted by Gasteiger charge is -2.32. The van der Waals surface area contributed by atoms with E-state index in [4.69, 9.17) is 0 Å². The topological polar surface area (TPSA) is 161 Å². The van der Waals surface area contributed by atoms with Crippen molar-refractivity contribution in [1.82, 2.24) is 10.0 Å². The molecule has 13 nitrogen and oxygen atoms in total. The van der Waals surface area contributed by atoms with Gasteiger partial charge in [-0.05, 0) is 0 Å². The fourth-order valence-electron chi connectivity index (χ4n) is 3.35. The minimum absolute atomic E-state index is 0.0875. The second-order valence-corrected chi connectivity index (χ2v) is 7.57. The van der Waals surface area contributed by atoms with Crippen LogP contribution in [0.2, 0.25) is 0 Å². The Kier molecular flexibility index (Phi) is 7.97. The maximum absolute atomic E-state index is 11.3. The van der Waals surface area contributed by atoms with Crippen LogP contribution in [0.25, 0.3) is 0 Å². The summed E-state index contributed by atoms with van der Waals surface area (Å²) in [6.45, 7) is 0. The third-order valence-electron chi connectivity index (χ3n) is 5.03. The largest absolute Gasteiger partial charge is 0.272 e. The molecule has 0 saturated carbocycles. The summed E-state index contributed by atoms with van der Waals surface area (Å²) in [6.07, 6.45) is 2.13. The summed E-state index contributed by atoms with van der Waals surface area (Å²) in [5.41, 5.74) is 1.17. The van der Waals surface area contributed by atoms with Gasteiger partial charge in [-0.15, -0.1) is 0 Å². The van der Waals surface area contributed by atoms with Crippen LogP contribution in [0.1, 0.15) is 22.9 Å². The molecular formula is C23H21N7O6. The van der Waals surface area contributed by atoms with Crippen LogP contribution in [0, 0.1) is 30.3 Å². The molecule has 13 heteroatoms. The monoisotopic (exact) mass is 491 g/mol. The van der Waals surface area contributed by atoms with Gasteiger partial charge in [-0.1, -0.05) is 36.4 Å². The fourth-order valence-corrected chi connectivity index (χ4v) is 3.35. The van der Waals surface area contributed by atoms with Crippen LogP contribution in [0.15, 0.2) is 83.0 Å². The Bertz CT molecular complexity index is 1270. The smallest absolute Gasteiger partial charge is 0.270 e. The van der Waals surface area contributed by atoms with Gasteiger partial charge >= 0.3 is 0 Å². The van der Waals surface area contributed by atoms with Gasteiger partial charge < -0.3 is 0 Å². The first-order valence-electron chi connectivity index (χ1n) is 10.4. The molecule has 3 aromatic rings. The second kappa shape index (κ2) is 11.3. The standard InChI is InChI=1S/C23H21N7O6/c1-26(24-15-17-6-3-9-20(12-17)28(31)32)23(19-8-5-11-22(14-19)30(35)36)27(2)25-16-18-7-4-10-21(13-18)29(33)34/h3-16,23H,1-2H3. The van der Waals surface area contributed by atoms with Gasteiger partial charge in [0.1, 0.15) is 0 Å². The summed E-state index contributed by atoms with van der Waals surface area (Å²) in [7, 11) is 3.24. The van der Waals surface area contributed by atoms with Gasteiger partial charge in [0.15, 0.2) is 6.17 Å². The lowest BCUT2D eigenvalue weighted by atomic mass is 10.1. The quantitative estimate of drug-likeness (QED) is 0.175. The Morgan fingerprint density at radius 1 is 0.667 bits per heavy atom. The number of hydrogen-bond donors (Lipinski definition) is 0. The van der Waals surface area contributed by atoms with Crippen LogP contribution < -0.4 is 0 Å². The van der Waals surface area contributed by atoms with Gasteiger partial charge in [0.2, 0.25) is 0 Å². The first kappa shape index (κ1) is 25.4. The van der Waals surface area contributed by atoms with Gasteiger partial charge in [-0.25, -0.2) is 0 Å². The zero-order valence-corrected chi connectivity index (χ0v) is 19.2. The van der Waals surface area contributed by atoms with Crippen molar-refractivity contribution in [2.75, 3.05) is 14.1 Å². The number of benzene rings is 3. The Balaban J connectivity index is 1.94. The first-order chi connectivity index (χ1) is 17.2. The second-order valence-electron chi connectivity index (χ2n) is 7.57. The molecule has 0 spiro atoms. The molecule has 0 aliphatic rings. The average Bonchev–Trinajstić information content (AvgIpc) is 2.87. The highest BCUT2D eigenvalue weighted by Crippen LogP contribution is 2.27. The highest BCUT2D eigenvalue weighted by molar-refractivity contribution is 5.81. The summed E-state index contributed by atoms with van der Waals surface area (Å²) >= 11 is 0. The van der Waals surface area contributed by atoms with Gasteiger partial charge in [0.25, 0.3) is 17.1 Å². The van der Waals surface area contributed by atoms with Crippen LogP contribution >= 0.6 is 0 Å². The molecule has 0 saturated heterocycles. The molecular weight excluding hydrogens is 470 g/mol. The van der Waals surface area contributed by atoms with Gasteiger partial charge in [-0.2, -0.15) is 10.2 Å². The van der Waals surface area contributed by atoms with E-state index in [0.717, 1.165) is 0 Å². The number of nitro groups is 3. The molecule has 0 aliphatic carbocycles. The summed E-state index contributed by atoms with van der Waals surface area (Å²) in [5, 5.41) is 45.1. The number of nitro benzene ring substituents is 3. The number of non-ortho nitro benzene ring substituents is 3. The van der Waals surface area contributed by atoms with E-state index < -0.39 is 20.9 Å². The first-order valence-corrected chi connectivity index (χ1v) is 10.4. The summed E-state index contributed by atoms with van der Waals surface area (Å²) in [4.78, 5) is 31.9. The zero-order chi connectivity index (χ0) is 26.2. The number of hydrazone groups is 2. The molecule has 0 amide bonds. The minimum atomic E-state index is -0.727. The highest BCUT2D eigenvalue weighted by Gasteiger charge is 2.22. The predicted molar refractivity (Wildman–Crippen MR) is 133 cm³/mol. The van der Waals surface area contributed by atoms with E-state index in [-0.39, 0.29) is 17.1 Å². The van der Waals surface area contributed by atoms with Crippen LogP contribution in [0.4, 0.5) is 17.1 Å². The van der Waals surface area contributed by atoms with Crippen LogP contribution in [-0.4, -0.2) is 51.3 Å². The lowest BCUT2D eigenvalue weighted by Crippen LogP contribution is -2.31. The van der Waals surface area contributed by atoms with Gasteiger partial charge in [-0.3, -0.25) is 40.4 Å². The number of nitrogens with zero attached hydrogens (tertiary/aromatic N) is 7. The van der Waals surface area contributed by atoms with Gasteiger partial charge in [0, 0.05) is 67.2 Å². The molecule has 0 heterocycles. The third kappa shape index (κ3) is 6.44. The number of rotatable bonds is 10. The molecule has 0 fully saturated rings. The van der Waals surface area contributed by atoms with Crippen LogP contribution in [0.5, 0.6) is 0 Å². The molecule has 0 unspecified atom stereocenters. The third-order valence-corrected chi connectivity index (χ3v) is 5.03. The molecule has 0 aliphatic heterocycles. The SMILES string of the molecule is CN(N=Cc1cccc([N+](=O)[O-])c1)C(c1cccc([N+](=O)[O-])c1)N(C)N=Cc1cccc([N+](=O)[O-])c1. The van der Waals surface area contributed by atoms with Gasteiger partial charge in [0.05, 0.1) is 27.2 Å². The number of hydrogen-bond acceptors (Lipinski definition) is 10. The van der Waals surface area contributed by atoms with E-state index in [1.54, 1.807) is 32.3 Å². The maximum Gasteiger partial charge on any atom is 0.270 e. The Morgan fingerprint density at radius 2 is 1.06 bits per heavy atom. The van der Waals surface area contributed by atoms with Crippen LogP contribution in [-0.2, 0) is 0 Å². The summed E-state index contributed by atoms with van der Waals surface area (Å²) in [6, 6.07) is 17.8. The Morgan fingerprint density at radius 3 is 1.47 bits per heavy atom. The van der Waals surface area contributed by atoms with Crippen molar-refractivity contribution in [3.05, 3.63) is 120 Å². The van der Waals surface area contributed by atoms with E-state index in [1.807, 2.05) is 0 Å². The molecule has 0 atom stereocenters. The van der Waals surface area contributed by atoms with Crippen molar-refractivity contribution in [3.8, 4) is 0 Å². The van der Waals surface area contributed by atoms with E-state index in [2.05, 4.69) is 10.2 Å². The van der Waals surface area contributed by atoms with E-state index in [0.29, 0.717) is 16.7 Å². The molecule has 36 heavy (non-hydrogen) atoms. The summed E-state index contributed by atoms with van der Waals surface area (Å²) < 4.78 is 0. The molecule has 184 valence electrons. The zero-order valence-electron chi connectivity index (χ0n) is 19.2. The lowest BCUT2D eigenvalue weighted by molar-refractivity contribution is -0.385. The Hall–Kier alpha value is -5.20. The van der Waals surface area contributed by atoms with E-state index in [9.17, 15) is 30.3 Å². The fraction of sp³-hybridized carbons (Fsp3) is 0.130. The maximum atomic E-state index is 11.3.